The molecule has 1 aliphatic rings. The summed E-state index contributed by atoms with van der Waals surface area (Å²) in [5.74, 6) is -0.317. The Morgan fingerprint density at radius 3 is 2.74 bits per heavy atom. The summed E-state index contributed by atoms with van der Waals surface area (Å²) in [6.07, 6.45) is 7.54. The van der Waals surface area contributed by atoms with E-state index in [2.05, 4.69) is 22.7 Å². The van der Waals surface area contributed by atoms with Crippen LogP contribution in [-0.2, 0) is 4.74 Å². The summed E-state index contributed by atoms with van der Waals surface area (Å²) in [4.78, 5) is 16.2. The zero-order valence-electron chi connectivity index (χ0n) is 11.6. The Kier molecular flexibility index (Phi) is 2.81. The van der Waals surface area contributed by atoms with Crippen LogP contribution in [0.2, 0.25) is 0 Å². The van der Waals surface area contributed by atoms with Gasteiger partial charge in [-0.1, -0.05) is 0 Å². The van der Waals surface area contributed by atoms with Crippen molar-refractivity contribution in [1.82, 2.24) is 9.55 Å². The minimum absolute atomic E-state index is 0.317. The molecule has 0 spiro atoms. The number of carbonyl (C=O) groups excluding carboxylic acids is 1. The van der Waals surface area contributed by atoms with Gasteiger partial charge in [0.1, 0.15) is 5.65 Å². The zero-order valence-corrected chi connectivity index (χ0v) is 11.6. The molecule has 2 aromatic rings. The van der Waals surface area contributed by atoms with E-state index in [4.69, 9.17) is 4.74 Å². The monoisotopic (exact) mass is 258 g/mol. The van der Waals surface area contributed by atoms with Crippen molar-refractivity contribution in [3.8, 4) is 0 Å². The molecule has 0 unspecified atom stereocenters. The lowest BCUT2D eigenvalue weighted by molar-refractivity contribution is 0.0599. The van der Waals surface area contributed by atoms with E-state index in [1.807, 2.05) is 6.92 Å². The van der Waals surface area contributed by atoms with Crippen LogP contribution in [0.15, 0.2) is 12.4 Å². The molecule has 1 saturated carbocycles. The SMILES string of the molecule is COC(=O)c1cnc2c(c(C)cn2C2CCC2)c1C. The molecule has 0 saturated heterocycles. The van der Waals surface area contributed by atoms with Crippen LogP contribution in [-0.4, -0.2) is 22.6 Å². The summed E-state index contributed by atoms with van der Waals surface area (Å²) >= 11 is 0. The van der Waals surface area contributed by atoms with Gasteiger partial charge in [-0.15, -0.1) is 0 Å². The topological polar surface area (TPSA) is 44.1 Å². The maximum Gasteiger partial charge on any atom is 0.339 e. The van der Waals surface area contributed by atoms with Crippen LogP contribution in [0.5, 0.6) is 0 Å². The van der Waals surface area contributed by atoms with Crippen molar-refractivity contribution in [3.05, 3.63) is 29.1 Å². The number of fused-ring (bicyclic) bond motifs is 1. The van der Waals surface area contributed by atoms with E-state index in [0.29, 0.717) is 11.6 Å². The molecule has 3 rings (SSSR count). The van der Waals surface area contributed by atoms with Crippen LogP contribution < -0.4 is 0 Å². The molecule has 19 heavy (non-hydrogen) atoms. The molecule has 1 fully saturated rings. The number of pyridine rings is 1. The van der Waals surface area contributed by atoms with Crippen LogP contribution >= 0.6 is 0 Å². The first-order chi connectivity index (χ1) is 9.13. The maximum absolute atomic E-state index is 11.7. The first-order valence-electron chi connectivity index (χ1n) is 6.68. The number of hydrogen-bond acceptors (Lipinski definition) is 3. The summed E-state index contributed by atoms with van der Waals surface area (Å²) in [6, 6.07) is 0.576. The molecule has 0 amide bonds. The van der Waals surface area contributed by atoms with Crippen molar-refractivity contribution in [2.24, 2.45) is 0 Å². The summed E-state index contributed by atoms with van der Waals surface area (Å²) < 4.78 is 7.07. The molecule has 4 heteroatoms. The number of esters is 1. The fourth-order valence-corrected chi connectivity index (χ4v) is 2.85. The van der Waals surface area contributed by atoms with Crippen LogP contribution in [0.1, 0.15) is 46.8 Å². The molecular formula is C15H18N2O2. The first kappa shape index (κ1) is 12.2. The zero-order chi connectivity index (χ0) is 13.6. The van der Waals surface area contributed by atoms with Crippen LogP contribution in [0.3, 0.4) is 0 Å². The Balaban J connectivity index is 2.20. The highest BCUT2D eigenvalue weighted by Gasteiger charge is 2.24. The van der Waals surface area contributed by atoms with E-state index in [1.54, 1.807) is 6.20 Å². The largest absolute Gasteiger partial charge is 0.465 e. The van der Waals surface area contributed by atoms with Gasteiger partial charge in [-0.25, -0.2) is 9.78 Å². The quantitative estimate of drug-likeness (QED) is 0.777. The van der Waals surface area contributed by atoms with Gasteiger partial charge in [-0.05, 0) is 44.2 Å². The number of rotatable bonds is 2. The van der Waals surface area contributed by atoms with Gasteiger partial charge in [0.2, 0.25) is 0 Å². The third-order valence-corrected chi connectivity index (χ3v) is 4.16. The fraction of sp³-hybridized carbons (Fsp3) is 0.467. The Morgan fingerprint density at radius 1 is 1.42 bits per heavy atom. The van der Waals surface area contributed by atoms with Crippen LogP contribution in [0.25, 0.3) is 11.0 Å². The highest BCUT2D eigenvalue weighted by molar-refractivity contribution is 5.97. The molecular weight excluding hydrogens is 240 g/mol. The number of aryl methyl sites for hydroxylation is 2. The third-order valence-electron chi connectivity index (χ3n) is 4.16. The predicted molar refractivity (Wildman–Crippen MR) is 73.4 cm³/mol. The van der Waals surface area contributed by atoms with Gasteiger partial charge in [0.15, 0.2) is 0 Å². The minimum Gasteiger partial charge on any atom is -0.465 e. The van der Waals surface area contributed by atoms with E-state index in [1.165, 1.54) is 31.9 Å². The van der Waals surface area contributed by atoms with E-state index < -0.39 is 0 Å². The number of nitrogens with zero attached hydrogens (tertiary/aromatic N) is 2. The average Bonchev–Trinajstić information content (AvgIpc) is 2.65. The van der Waals surface area contributed by atoms with Crippen molar-refractivity contribution in [3.63, 3.8) is 0 Å². The number of ether oxygens (including phenoxy) is 1. The standard InChI is InChI=1S/C15H18N2O2/c1-9-8-17(11-5-4-6-11)14-13(9)10(2)12(7-16-14)15(18)19-3/h7-8,11H,4-6H2,1-3H3. The Labute approximate surface area is 112 Å². The molecule has 0 aliphatic heterocycles. The normalized spacial score (nSPS) is 15.5. The second-order valence-corrected chi connectivity index (χ2v) is 5.29. The van der Waals surface area contributed by atoms with Gasteiger partial charge in [0.25, 0.3) is 0 Å². The molecule has 2 heterocycles. The summed E-state index contributed by atoms with van der Waals surface area (Å²) in [5, 5.41) is 1.09. The smallest absolute Gasteiger partial charge is 0.339 e. The van der Waals surface area contributed by atoms with Gasteiger partial charge < -0.3 is 9.30 Å². The van der Waals surface area contributed by atoms with Crippen molar-refractivity contribution in [2.45, 2.75) is 39.2 Å². The lowest BCUT2D eigenvalue weighted by Crippen LogP contribution is -2.16. The average molecular weight is 258 g/mol. The number of carbonyl (C=O) groups is 1. The van der Waals surface area contributed by atoms with Crippen LogP contribution in [0.4, 0.5) is 0 Å². The van der Waals surface area contributed by atoms with Gasteiger partial charge in [0, 0.05) is 23.8 Å². The van der Waals surface area contributed by atoms with Crippen molar-refractivity contribution in [2.75, 3.05) is 7.11 Å². The second kappa shape index (κ2) is 4.37. The maximum atomic E-state index is 11.7. The van der Waals surface area contributed by atoms with Gasteiger partial charge in [-0.3, -0.25) is 0 Å². The predicted octanol–water partition coefficient (Wildman–Crippen LogP) is 3.16. The lowest BCUT2D eigenvalue weighted by Gasteiger charge is -2.27. The molecule has 1 aliphatic carbocycles. The van der Waals surface area contributed by atoms with Crippen molar-refractivity contribution < 1.29 is 9.53 Å². The molecule has 4 nitrogen and oxygen atoms in total. The number of aromatic nitrogens is 2. The van der Waals surface area contributed by atoms with Crippen LogP contribution in [0, 0.1) is 13.8 Å². The first-order valence-corrected chi connectivity index (χ1v) is 6.68. The minimum atomic E-state index is -0.317. The molecule has 2 aromatic heterocycles. The second-order valence-electron chi connectivity index (χ2n) is 5.29. The van der Waals surface area contributed by atoms with Crippen molar-refractivity contribution in [1.29, 1.82) is 0 Å². The molecule has 100 valence electrons. The molecule has 0 bridgehead atoms. The van der Waals surface area contributed by atoms with Gasteiger partial charge in [-0.2, -0.15) is 0 Å². The number of hydrogen-bond donors (Lipinski definition) is 0. The van der Waals surface area contributed by atoms with E-state index in [9.17, 15) is 4.79 Å². The highest BCUT2D eigenvalue weighted by Crippen LogP contribution is 2.36. The Morgan fingerprint density at radius 2 is 2.16 bits per heavy atom. The fourth-order valence-electron chi connectivity index (χ4n) is 2.85. The molecule has 0 aromatic carbocycles. The lowest BCUT2D eigenvalue weighted by atomic mass is 9.93. The summed E-state index contributed by atoms with van der Waals surface area (Å²) in [6.45, 7) is 4.04. The van der Waals surface area contributed by atoms with E-state index >= 15 is 0 Å². The van der Waals surface area contributed by atoms with E-state index in [-0.39, 0.29) is 5.97 Å². The van der Waals surface area contributed by atoms with Gasteiger partial charge in [0.05, 0.1) is 12.7 Å². The highest BCUT2D eigenvalue weighted by atomic mass is 16.5. The van der Waals surface area contributed by atoms with Crippen molar-refractivity contribution >= 4 is 17.0 Å². The van der Waals surface area contributed by atoms with E-state index in [0.717, 1.165) is 16.6 Å². The summed E-state index contributed by atoms with van der Waals surface area (Å²) in [5.41, 5.74) is 3.70. The Hall–Kier alpha value is -1.84. The third kappa shape index (κ3) is 1.74. The molecule has 0 atom stereocenters. The molecule has 0 N–H and O–H groups in total. The molecule has 0 radical (unpaired) electrons. The van der Waals surface area contributed by atoms with Gasteiger partial charge >= 0.3 is 5.97 Å². The number of methoxy groups -OCH3 is 1. The Bertz CT molecular complexity index is 654. The summed E-state index contributed by atoms with van der Waals surface area (Å²) in [7, 11) is 1.40.